The maximum absolute atomic E-state index is 10.6. The van der Waals surface area contributed by atoms with Gasteiger partial charge >= 0.3 is 0 Å². The Kier molecular flexibility index (Phi) is 1.67. The zero-order valence-corrected chi connectivity index (χ0v) is 5.39. The van der Waals surface area contributed by atoms with Gasteiger partial charge in [-0.25, -0.2) is 0 Å². The van der Waals surface area contributed by atoms with Crippen LogP contribution in [0.3, 0.4) is 0 Å². The molecule has 0 N–H and O–H groups in total. The summed E-state index contributed by atoms with van der Waals surface area (Å²) in [5, 5.41) is -0.623. The molecule has 1 aliphatic rings. The minimum atomic E-state index is -0.623. The zero-order valence-electron chi connectivity index (χ0n) is 4.63. The van der Waals surface area contributed by atoms with Crippen molar-refractivity contribution in [3.8, 4) is 0 Å². The van der Waals surface area contributed by atoms with E-state index in [-0.39, 0.29) is 18.0 Å². The van der Waals surface area contributed by atoms with E-state index in [1.165, 1.54) is 12.2 Å². The first-order valence-corrected chi connectivity index (χ1v) is 3.02. The molecule has 1 aliphatic carbocycles. The van der Waals surface area contributed by atoms with E-state index in [1.807, 2.05) is 0 Å². The fourth-order valence-electron chi connectivity index (χ4n) is 0.625. The molecule has 0 aromatic carbocycles. The Hall–Kier alpha value is -0.630. The maximum Gasteiger partial charge on any atom is 0.174 e. The molecule has 0 aliphatic heterocycles. The second kappa shape index (κ2) is 2.31. The van der Waals surface area contributed by atoms with Gasteiger partial charge in [0, 0.05) is 6.42 Å². The van der Waals surface area contributed by atoms with Gasteiger partial charge in [-0.2, -0.15) is 0 Å². The van der Waals surface area contributed by atoms with Crippen molar-refractivity contribution in [2.24, 2.45) is 0 Å². The highest BCUT2D eigenvalue weighted by Crippen LogP contribution is 2.10. The van der Waals surface area contributed by atoms with E-state index in [0.717, 1.165) is 0 Å². The highest BCUT2D eigenvalue weighted by Gasteiger charge is 2.19. The molecule has 0 radical (unpaired) electrons. The lowest BCUT2D eigenvalue weighted by molar-refractivity contribution is -0.120. The van der Waals surface area contributed by atoms with Gasteiger partial charge in [-0.1, -0.05) is 0 Å². The third-order valence-electron chi connectivity index (χ3n) is 1.12. The molecule has 1 rings (SSSR count). The van der Waals surface area contributed by atoms with Gasteiger partial charge in [-0.3, -0.25) is 9.59 Å². The van der Waals surface area contributed by atoms with Crippen LogP contribution in [-0.2, 0) is 9.59 Å². The number of hydrogen-bond acceptors (Lipinski definition) is 2. The minimum Gasteiger partial charge on any atom is -0.295 e. The fraction of sp³-hybridized carbons (Fsp3) is 0.333. The van der Waals surface area contributed by atoms with Gasteiger partial charge in [0.1, 0.15) is 5.38 Å². The minimum absolute atomic E-state index is 0.0744. The summed E-state index contributed by atoms with van der Waals surface area (Å²) in [7, 11) is 0. The molecule has 0 bridgehead atoms. The van der Waals surface area contributed by atoms with E-state index in [0.29, 0.717) is 0 Å². The predicted molar refractivity (Wildman–Crippen MR) is 33.4 cm³/mol. The number of alkyl halides is 1. The number of hydrogen-bond donors (Lipinski definition) is 0. The van der Waals surface area contributed by atoms with Crippen molar-refractivity contribution in [3.63, 3.8) is 0 Å². The van der Waals surface area contributed by atoms with Crippen LogP contribution in [0.2, 0.25) is 0 Å². The first kappa shape index (κ1) is 6.49. The Morgan fingerprint density at radius 1 is 1.44 bits per heavy atom. The Bertz CT molecular complexity index is 183. The van der Waals surface area contributed by atoms with Gasteiger partial charge in [0.2, 0.25) is 0 Å². The normalized spacial score (nSPS) is 27.0. The molecule has 0 spiro atoms. The van der Waals surface area contributed by atoms with Crippen molar-refractivity contribution in [1.29, 1.82) is 0 Å². The van der Waals surface area contributed by atoms with Crippen LogP contribution in [0.25, 0.3) is 0 Å². The quantitative estimate of drug-likeness (QED) is 0.469. The molecule has 9 heavy (non-hydrogen) atoms. The molecule has 1 atom stereocenters. The highest BCUT2D eigenvalue weighted by molar-refractivity contribution is 6.35. The number of carbonyl (C=O) groups excluding carboxylic acids is 2. The van der Waals surface area contributed by atoms with E-state index in [1.54, 1.807) is 0 Å². The number of ketones is 2. The molecule has 2 nitrogen and oxygen atoms in total. The van der Waals surface area contributed by atoms with E-state index in [4.69, 9.17) is 11.6 Å². The van der Waals surface area contributed by atoms with E-state index < -0.39 is 5.38 Å². The number of rotatable bonds is 0. The van der Waals surface area contributed by atoms with Gasteiger partial charge in [0.25, 0.3) is 0 Å². The predicted octanol–water partition coefficient (Wildman–Crippen LogP) is 0.692. The van der Waals surface area contributed by atoms with Crippen molar-refractivity contribution in [1.82, 2.24) is 0 Å². The fourth-order valence-corrected chi connectivity index (χ4v) is 0.850. The number of halogens is 1. The summed E-state index contributed by atoms with van der Waals surface area (Å²) in [5.74, 6) is -0.245. The number of carbonyl (C=O) groups is 2. The van der Waals surface area contributed by atoms with Gasteiger partial charge in [-0.05, 0) is 12.2 Å². The van der Waals surface area contributed by atoms with Gasteiger partial charge in [0.15, 0.2) is 11.6 Å². The van der Waals surface area contributed by atoms with Crippen molar-refractivity contribution in [3.05, 3.63) is 12.2 Å². The summed E-state index contributed by atoms with van der Waals surface area (Å²) in [6.07, 6.45) is 2.64. The van der Waals surface area contributed by atoms with Crippen LogP contribution in [0.5, 0.6) is 0 Å². The summed E-state index contributed by atoms with van der Waals surface area (Å²) in [6.45, 7) is 0. The van der Waals surface area contributed by atoms with E-state index in [9.17, 15) is 9.59 Å². The average Bonchev–Trinajstić information content (AvgIpc) is 1.80. The first-order chi connectivity index (χ1) is 4.20. The molecule has 0 saturated carbocycles. The second-order valence-corrected chi connectivity index (χ2v) is 2.40. The molecular formula is C6H5ClO2. The molecule has 0 fully saturated rings. The smallest absolute Gasteiger partial charge is 0.174 e. The van der Waals surface area contributed by atoms with Gasteiger partial charge < -0.3 is 0 Å². The number of allylic oxidation sites excluding steroid dienone is 2. The van der Waals surface area contributed by atoms with Gasteiger partial charge in [-0.15, -0.1) is 11.6 Å². The zero-order chi connectivity index (χ0) is 6.85. The van der Waals surface area contributed by atoms with Gasteiger partial charge in [0.05, 0.1) is 0 Å². The Morgan fingerprint density at radius 2 is 2.11 bits per heavy atom. The SMILES string of the molecule is O=C1C=CC(=O)C(Cl)C1. The summed E-state index contributed by atoms with van der Waals surface area (Å²) in [6, 6.07) is 0. The Balaban J connectivity index is 2.76. The van der Waals surface area contributed by atoms with E-state index in [2.05, 4.69) is 0 Å². The molecule has 0 heterocycles. The molecule has 0 aromatic heterocycles. The summed E-state index contributed by atoms with van der Waals surface area (Å²) in [4.78, 5) is 21.1. The third kappa shape index (κ3) is 1.39. The molecule has 0 aromatic rings. The average molecular weight is 145 g/mol. The largest absolute Gasteiger partial charge is 0.295 e. The highest BCUT2D eigenvalue weighted by atomic mass is 35.5. The van der Waals surface area contributed by atoms with E-state index >= 15 is 0 Å². The molecule has 0 saturated heterocycles. The van der Waals surface area contributed by atoms with Crippen LogP contribution in [-0.4, -0.2) is 16.9 Å². The molecule has 48 valence electrons. The van der Waals surface area contributed by atoms with Crippen LogP contribution in [0.4, 0.5) is 0 Å². The monoisotopic (exact) mass is 144 g/mol. The lowest BCUT2D eigenvalue weighted by atomic mass is 10.1. The standard InChI is InChI=1S/C6H5ClO2/c7-5-3-4(8)1-2-6(5)9/h1-2,5H,3H2. The Morgan fingerprint density at radius 3 is 2.56 bits per heavy atom. The van der Waals surface area contributed by atoms with Crippen molar-refractivity contribution in [2.75, 3.05) is 0 Å². The Labute approximate surface area is 57.5 Å². The molecule has 0 amide bonds. The van der Waals surface area contributed by atoms with Crippen LogP contribution in [0, 0.1) is 0 Å². The summed E-state index contributed by atoms with van der Waals surface area (Å²) < 4.78 is 0. The van der Waals surface area contributed by atoms with Crippen LogP contribution < -0.4 is 0 Å². The third-order valence-corrected chi connectivity index (χ3v) is 1.49. The van der Waals surface area contributed by atoms with Crippen molar-refractivity contribution < 1.29 is 9.59 Å². The van der Waals surface area contributed by atoms with Crippen molar-refractivity contribution >= 4 is 23.2 Å². The molecule has 1 unspecified atom stereocenters. The topological polar surface area (TPSA) is 34.1 Å². The second-order valence-electron chi connectivity index (χ2n) is 1.87. The van der Waals surface area contributed by atoms with Crippen LogP contribution in [0.15, 0.2) is 12.2 Å². The lowest BCUT2D eigenvalue weighted by Gasteiger charge is -2.05. The summed E-state index contributed by atoms with van der Waals surface area (Å²) >= 11 is 5.44. The first-order valence-electron chi connectivity index (χ1n) is 2.59. The summed E-state index contributed by atoms with van der Waals surface area (Å²) in [5.41, 5.74) is 0. The van der Waals surface area contributed by atoms with Crippen LogP contribution >= 0.6 is 11.6 Å². The lowest BCUT2D eigenvalue weighted by Crippen LogP contribution is -2.20. The molecular weight excluding hydrogens is 140 g/mol. The molecule has 3 heteroatoms. The maximum atomic E-state index is 10.6. The van der Waals surface area contributed by atoms with Crippen molar-refractivity contribution in [2.45, 2.75) is 11.8 Å². The van der Waals surface area contributed by atoms with Crippen LogP contribution in [0.1, 0.15) is 6.42 Å².